The van der Waals surface area contributed by atoms with Crippen molar-refractivity contribution in [2.45, 2.75) is 0 Å². The third-order valence-electron chi connectivity index (χ3n) is 1.04. The highest BCUT2D eigenvalue weighted by Gasteiger charge is 1.91. The molecule has 0 saturated heterocycles. The highest BCUT2D eigenvalue weighted by atomic mass is 35.5. The van der Waals surface area contributed by atoms with Crippen LogP contribution in [0.15, 0.2) is 29.1 Å². The van der Waals surface area contributed by atoms with Crippen molar-refractivity contribution in [3.63, 3.8) is 0 Å². The maximum absolute atomic E-state index is 10.6. The Labute approximate surface area is 62.7 Å². The molecule has 0 amide bonds. The zero-order chi connectivity index (χ0) is 7.56. The van der Waals surface area contributed by atoms with Gasteiger partial charge in [0.1, 0.15) is 5.75 Å². The van der Waals surface area contributed by atoms with Crippen LogP contribution < -0.4 is 5.43 Å². The van der Waals surface area contributed by atoms with Crippen LogP contribution in [-0.4, -0.2) is 5.11 Å². The third kappa shape index (κ3) is 1.48. The molecule has 52 valence electrons. The molecule has 0 aliphatic carbocycles. The summed E-state index contributed by atoms with van der Waals surface area (Å²) in [5, 5.41) is 9.12. The summed E-state index contributed by atoms with van der Waals surface area (Å²) >= 11 is 5.48. The average molecular weight is 157 g/mol. The van der Waals surface area contributed by atoms with Crippen LogP contribution in [0.25, 0.3) is 0 Å². The number of hydrogen-bond acceptors (Lipinski definition) is 2. The fourth-order valence-electron chi connectivity index (χ4n) is 0.537. The first-order chi connectivity index (χ1) is 4.70. The van der Waals surface area contributed by atoms with Crippen molar-refractivity contribution >= 4 is 11.6 Å². The van der Waals surface area contributed by atoms with Gasteiger partial charge in [-0.25, -0.2) is 0 Å². The lowest BCUT2D eigenvalue weighted by Gasteiger charge is -1.83. The average Bonchev–Trinajstić information content (AvgIpc) is 2.04. The zero-order valence-corrected chi connectivity index (χ0v) is 5.80. The van der Waals surface area contributed by atoms with Gasteiger partial charge in [0.15, 0.2) is 5.43 Å². The molecular formula is C7H5ClO2. The molecule has 0 radical (unpaired) electrons. The van der Waals surface area contributed by atoms with Gasteiger partial charge in [-0.1, -0.05) is 11.6 Å². The minimum Gasteiger partial charge on any atom is -0.506 e. The van der Waals surface area contributed by atoms with Gasteiger partial charge in [0.25, 0.3) is 0 Å². The van der Waals surface area contributed by atoms with Gasteiger partial charge >= 0.3 is 0 Å². The molecule has 3 heteroatoms. The van der Waals surface area contributed by atoms with Gasteiger partial charge in [-0.3, -0.25) is 4.79 Å². The maximum Gasteiger partial charge on any atom is 0.178 e. The summed E-state index contributed by atoms with van der Waals surface area (Å²) < 4.78 is 0. The fraction of sp³-hybridized carbons (Fsp3) is 0. The molecule has 0 atom stereocenters. The molecule has 0 spiro atoms. The molecule has 1 N–H and O–H groups in total. The lowest BCUT2D eigenvalue weighted by molar-refractivity contribution is 0.476. The summed E-state index contributed by atoms with van der Waals surface area (Å²) in [6, 6.07) is 5.17. The zero-order valence-electron chi connectivity index (χ0n) is 5.04. The Kier molecular flexibility index (Phi) is 1.92. The Hall–Kier alpha value is -1.02. The molecule has 0 aliphatic rings. The first-order valence-electron chi connectivity index (χ1n) is 2.69. The fourth-order valence-corrected chi connectivity index (χ4v) is 0.663. The van der Waals surface area contributed by atoms with Gasteiger partial charge < -0.3 is 5.11 Å². The molecule has 0 bridgehead atoms. The first kappa shape index (κ1) is 7.09. The van der Waals surface area contributed by atoms with Crippen molar-refractivity contribution in [1.29, 1.82) is 0 Å². The van der Waals surface area contributed by atoms with Crippen molar-refractivity contribution in [2.75, 3.05) is 0 Å². The van der Waals surface area contributed by atoms with E-state index in [9.17, 15) is 4.79 Å². The van der Waals surface area contributed by atoms with Crippen LogP contribution in [0.4, 0.5) is 0 Å². The number of halogens is 1. The summed E-state index contributed by atoms with van der Waals surface area (Å²) in [7, 11) is 0. The second kappa shape index (κ2) is 2.71. The molecule has 1 aromatic carbocycles. The van der Waals surface area contributed by atoms with Crippen LogP contribution in [0.5, 0.6) is 5.75 Å². The largest absolute Gasteiger partial charge is 0.506 e. The van der Waals surface area contributed by atoms with Gasteiger partial charge in [-0.2, -0.15) is 0 Å². The van der Waals surface area contributed by atoms with Gasteiger partial charge in [0, 0.05) is 0 Å². The number of aromatic hydroxyl groups is 1. The summed E-state index contributed by atoms with van der Waals surface area (Å²) in [5.74, 6) is -0.0798. The highest BCUT2D eigenvalue weighted by Crippen LogP contribution is 2.18. The Balaban J connectivity index is 3.42. The predicted octanol–water partition coefficient (Wildman–Crippen LogP) is 1.41. The van der Waals surface area contributed by atoms with Crippen molar-refractivity contribution in [1.82, 2.24) is 0 Å². The SMILES string of the molecule is O=c1ccc(O)c(Cl)cc1. The van der Waals surface area contributed by atoms with Crippen molar-refractivity contribution < 1.29 is 5.11 Å². The monoisotopic (exact) mass is 156 g/mol. The summed E-state index contributed by atoms with van der Waals surface area (Å²) in [4.78, 5) is 10.6. The second-order valence-electron chi connectivity index (χ2n) is 1.80. The van der Waals surface area contributed by atoms with E-state index < -0.39 is 0 Å². The van der Waals surface area contributed by atoms with E-state index >= 15 is 0 Å². The molecular weight excluding hydrogens is 152 g/mol. The van der Waals surface area contributed by atoms with E-state index in [0.29, 0.717) is 0 Å². The van der Waals surface area contributed by atoms with Crippen LogP contribution in [0.3, 0.4) is 0 Å². The Morgan fingerprint density at radius 2 is 1.80 bits per heavy atom. The summed E-state index contributed by atoms with van der Waals surface area (Å²) in [6.07, 6.45) is 0. The Morgan fingerprint density at radius 1 is 1.20 bits per heavy atom. The molecule has 0 heterocycles. The van der Waals surface area contributed by atoms with Gasteiger partial charge in [-0.15, -0.1) is 0 Å². The van der Waals surface area contributed by atoms with Crippen LogP contribution >= 0.6 is 11.6 Å². The van der Waals surface area contributed by atoms with Crippen LogP contribution in [0, 0.1) is 0 Å². The summed E-state index contributed by atoms with van der Waals surface area (Å²) in [5.41, 5.74) is -0.179. The first-order valence-corrected chi connectivity index (χ1v) is 3.07. The number of hydrogen-bond donors (Lipinski definition) is 1. The standard InChI is InChI=1S/C7H5ClO2/c8-6-3-1-5(9)2-4-7(6)10/h1-4,10H. The van der Waals surface area contributed by atoms with E-state index in [1.807, 2.05) is 0 Å². The van der Waals surface area contributed by atoms with E-state index in [1.54, 1.807) is 0 Å². The third-order valence-corrected chi connectivity index (χ3v) is 1.36. The van der Waals surface area contributed by atoms with E-state index in [1.165, 1.54) is 24.3 Å². The van der Waals surface area contributed by atoms with Crippen molar-refractivity contribution in [3.05, 3.63) is 39.5 Å². The minimum atomic E-state index is -0.179. The molecule has 10 heavy (non-hydrogen) atoms. The van der Waals surface area contributed by atoms with Crippen molar-refractivity contribution in [2.24, 2.45) is 0 Å². The predicted molar refractivity (Wildman–Crippen MR) is 39.4 cm³/mol. The summed E-state index contributed by atoms with van der Waals surface area (Å²) in [6.45, 7) is 0. The van der Waals surface area contributed by atoms with E-state index in [2.05, 4.69) is 0 Å². The van der Waals surface area contributed by atoms with E-state index in [-0.39, 0.29) is 16.2 Å². The highest BCUT2D eigenvalue weighted by molar-refractivity contribution is 6.31. The minimum absolute atomic E-state index is 0.0798. The normalized spacial score (nSPS) is 9.30. The molecule has 0 aromatic heterocycles. The van der Waals surface area contributed by atoms with Crippen molar-refractivity contribution in [3.8, 4) is 5.75 Å². The molecule has 1 aromatic rings. The van der Waals surface area contributed by atoms with Crippen LogP contribution in [-0.2, 0) is 0 Å². The van der Waals surface area contributed by atoms with Crippen LogP contribution in [0.2, 0.25) is 5.02 Å². The molecule has 0 unspecified atom stereocenters. The second-order valence-corrected chi connectivity index (χ2v) is 2.21. The Bertz CT molecular complexity index is 268. The lowest BCUT2D eigenvalue weighted by atomic mass is 10.5. The quantitative estimate of drug-likeness (QED) is 0.617. The van der Waals surface area contributed by atoms with Crippen LogP contribution in [0.1, 0.15) is 0 Å². The van der Waals surface area contributed by atoms with Gasteiger partial charge in [0.2, 0.25) is 0 Å². The molecule has 2 nitrogen and oxygen atoms in total. The van der Waals surface area contributed by atoms with Gasteiger partial charge in [0.05, 0.1) is 5.02 Å². The molecule has 1 rings (SSSR count). The van der Waals surface area contributed by atoms with E-state index in [0.717, 1.165) is 0 Å². The topological polar surface area (TPSA) is 37.3 Å². The van der Waals surface area contributed by atoms with Gasteiger partial charge in [-0.05, 0) is 24.3 Å². The van der Waals surface area contributed by atoms with E-state index in [4.69, 9.17) is 16.7 Å². The Morgan fingerprint density at radius 3 is 2.50 bits per heavy atom. The molecule has 0 aliphatic heterocycles. The lowest BCUT2D eigenvalue weighted by Crippen LogP contribution is -1.87. The maximum atomic E-state index is 10.6. The molecule has 0 fully saturated rings. The molecule has 0 saturated carbocycles. The number of rotatable bonds is 0. The smallest absolute Gasteiger partial charge is 0.178 e.